The Morgan fingerprint density at radius 1 is 0.500 bits per heavy atom. The predicted octanol–water partition coefficient (Wildman–Crippen LogP) is 10.7. The highest BCUT2D eigenvalue weighted by Gasteiger charge is 2.32. The maximum absolute atomic E-state index is 3.39. The molecule has 0 aliphatic heterocycles. The minimum absolute atomic E-state index is 0. The van der Waals surface area contributed by atoms with Gasteiger partial charge in [-0.3, -0.25) is 0 Å². The third-order valence-corrected chi connectivity index (χ3v) is 7.67. The van der Waals surface area contributed by atoms with Gasteiger partial charge in [0.2, 0.25) is 0 Å². The van der Waals surface area contributed by atoms with Crippen molar-refractivity contribution in [3.05, 3.63) is 0 Å². The molecule has 2 atom stereocenters. The van der Waals surface area contributed by atoms with E-state index in [1.54, 1.807) is 0 Å². The fourth-order valence-electron chi connectivity index (χ4n) is 4.59. The quantitative estimate of drug-likeness (QED) is 0.0793. The second-order valence-electron chi connectivity index (χ2n) is 9.25. The van der Waals surface area contributed by atoms with Crippen molar-refractivity contribution in [2.75, 3.05) is 0 Å². The molecule has 0 amide bonds. The first-order chi connectivity index (χ1) is 13.1. The van der Waals surface area contributed by atoms with E-state index in [1.807, 2.05) is 0 Å². The summed E-state index contributed by atoms with van der Waals surface area (Å²) < 4.78 is 0. The molecule has 0 rings (SSSR count). The zero-order valence-electron chi connectivity index (χ0n) is 20.2. The maximum atomic E-state index is 3.39. The molecule has 0 aromatic carbocycles. The molecule has 0 aliphatic carbocycles. The highest BCUT2D eigenvalue weighted by molar-refractivity contribution is 14.0. The largest absolute Gasteiger partial charge is 0.131 e. The van der Waals surface area contributed by atoms with Gasteiger partial charge in [-0.2, -0.15) is 0 Å². The molecule has 0 fully saturated rings. The monoisotopic (exact) mass is 526 g/mol. The standard InChI is InChI=1S/C26H55P.HI/c1-5-9-13-14-15-16-17-18-19-20-22-25(21-10-6-2)26(27,23-11-7-3)24-12-8-4;/h25H,5-24,27H2,1-4H3;1H. The Morgan fingerprint density at radius 2 is 0.857 bits per heavy atom. The minimum atomic E-state index is 0. The van der Waals surface area contributed by atoms with Crippen molar-refractivity contribution in [2.24, 2.45) is 5.92 Å². The Hall–Kier alpha value is 1.16. The molecule has 0 N–H and O–H groups in total. The van der Waals surface area contributed by atoms with Gasteiger partial charge in [-0.05, 0) is 36.8 Å². The summed E-state index contributed by atoms with van der Waals surface area (Å²) in [6, 6.07) is 0. The molecule has 2 unspecified atom stereocenters. The van der Waals surface area contributed by atoms with Crippen LogP contribution in [0.1, 0.15) is 156 Å². The fraction of sp³-hybridized carbons (Fsp3) is 1.00. The Kier molecular flexibility index (Phi) is 25.6. The summed E-state index contributed by atoms with van der Waals surface area (Å²) in [4.78, 5) is 0. The average Bonchev–Trinajstić information content (AvgIpc) is 2.68. The van der Waals surface area contributed by atoms with Crippen LogP contribution < -0.4 is 0 Å². The summed E-state index contributed by atoms with van der Waals surface area (Å²) in [6.07, 6.45) is 28.7. The van der Waals surface area contributed by atoms with Crippen molar-refractivity contribution in [3.63, 3.8) is 0 Å². The summed E-state index contributed by atoms with van der Waals surface area (Å²) in [5, 5.41) is 0.528. The second kappa shape index (κ2) is 22.8. The Bertz CT molecular complexity index is 284. The van der Waals surface area contributed by atoms with Gasteiger partial charge in [-0.1, -0.05) is 130 Å². The molecular formula is C26H56IP. The van der Waals surface area contributed by atoms with Crippen LogP contribution >= 0.6 is 33.2 Å². The third-order valence-electron chi connectivity index (χ3n) is 6.62. The zero-order valence-corrected chi connectivity index (χ0v) is 23.7. The summed E-state index contributed by atoms with van der Waals surface area (Å²) in [5.41, 5.74) is 0. The maximum Gasteiger partial charge on any atom is -0.0122 e. The van der Waals surface area contributed by atoms with Gasteiger partial charge in [-0.15, -0.1) is 33.2 Å². The van der Waals surface area contributed by atoms with Crippen molar-refractivity contribution < 1.29 is 0 Å². The van der Waals surface area contributed by atoms with Gasteiger partial charge >= 0.3 is 0 Å². The van der Waals surface area contributed by atoms with Gasteiger partial charge in [0.25, 0.3) is 0 Å². The molecule has 0 saturated carbocycles. The van der Waals surface area contributed by atoms with E-state index < -0.39 is 0 Å². The number of hydrogen-bond acceptors (Lipinski definition) is 0. The molecule has 28 heavy (non-hydrogen) atoms. The van der Waals surface area contributed by atoms with E-state index in [9.17, 15) is 0 Å². The lowest BCUT2D eigenvalue weighted by molar-refractivity contribution is 0.274. The SMILES string of the molecule is CCCCCCCCCCCCC(CCCC)C(P)(CCCC)CCCC.I. The molecule has 0 spiro atoms. The molecule has 172 valence electrons. The first kappa shape index (κ1) is 31.3. The van der Waals surface area contributed by atoms with E-state index in [4.69, 9.17) is 0 Å². The van der Waals surface area contributed by atoms with Crippen molar-refractivity contribution in [1.29, 1.82) is 0 Å². The van der Waals surface area contributed by atoms with Crippen molar-refractivity contribution >= 4 is 33.2 Å². The third kappa shape index (κ3) is 16.9. The number of rotatable bonds is 21. The van der Waals surface area contributed by atoms with Crippen molar-refractivity contribution in [1.82, 2.24) is 0 Å². The highest BCUT2D eigenvalue weighted by Crippen LogP contribution is 2.43. The minimum Gasteiger partial charge on any atom is -0.131 e. The van der Waals surface area contributed by atoms with Crippen LogP contribution in [-0.4, -0.2) is 5.16 Å². The molecule has 0 aromatic heterocycles. The molecule has 2 heteroatoms. The second-order valence-corrected chi connectivity index (χ2v) is 10.4. The number of unbranched alkanes of at least 4 members (excludes halogenated alkanes) is 12. The van der Waals surface area contributed by atoms with Gasteiger partial charge in [0, 0.05) is 0 Å². The number of halogens is 1. The van der Waals surface area contributed by atoms with Gasteiger partial charge in [-0.25, -0.2) is 0 Å². The van der Waals surface area contributed by atoms with E-state index in [-0.39, 0.29) is 24.0 Å². The van der Waals surface area contributed by atoms with Crippen LogP contribution in [0.5, 0.6) is 0 Å². The van der Waals surface area contributed by atoms with Gasteiger partial charge in [0.1, 0.15) is 0 Å². The number of hydrogen-bond donors (Lipinski definition) is 0. The molecular weight excluding hydrogens is 470 g/mol. The normalized spacial score (nSPS) is 12.8. The average molecular weight is 527 g/mol. The van der Waals surface area contributed by atoms with E-state index in [2.05, 4.69) is 36.9 Å². The lowest BCUT2D eigenvalue weighted by Gasteiger charge is -2.39. The van der Waals surface area contributed by atoms with Crippen LogP contribution in [0.4, 0.5) is 0 Å². The first-order valence-electron chi connectivity index (χ1n) is 12.9. The van der Waals surface area contributed by atoms with E-state index in [1.165, 1.54) is 128 Å². The predicted molar refractivity (Wildman–Crippen MR) is 146 cm³/mol. The fourth-order valence-corrected chi connectivity index (χ4v) is 5.33. The Labute approximate surface area is 199 Å². The zero-order chi connectivity index (χ0) is 20.2. The Morgan fingerprint density at radius 3 is 1.29 bits per heavy atom. The van der Waals surface area contributed by atoms with Crippen LogP contribution in [0.3, 0.4) is 0 Å². The van der Waals surface area contributed by atoms with Crippen LogP contribution in [0.2, 0.25) is 0 Å². The van der Waals surface area contributed by atoms with Crippen molar-refractivity contribution in [2.45, 2.75) is 161 Å². The first-order valence-corrected chi connectivity index (χ1v) is 13.5. The topological polar surface area (TPSA) is 0 Å². The van der Waals surface area contributed by atoms with E-state index in [0.29, 0.717) is 5.16 Å². The molecule has 0 aliphatic rings. The van der Waals surface area contributed by atoms with Crippen molar-refractivity contribution in [3.8, 4) is 0 Å². The molecule has 0 heterocycles. The molecule has 0 radical (unpaired) electrons. The lowest BCUT2D eigenvalue weighted by Crippen LogP contribution is -2.32. The van der Waals surface area contributed by atoms with Crippen LogP contribution in [0, 0.1) is 5.92 Å². The Balaban J connectivity index is 0. The van der Waals surface area contributed by atoms with Crippen LogP contribution in [0.15, 0.2) is 0 Å². The summed E-state index contributed by atoms with van der Waals surface area (Å²) in [5.74, 6) is 0.939. The van der Waals surface area contributed by atoms with Gasteiger partial charge < -0.3 is 0 Å². The van der Waals surface area contributed by atoms with E-state index >= 15 is 0 Å². The highest BCUT2D eigenvalue weighted by atomic mass is 127. The molecule has 0 saturated heterocycles. The molecule has 0 bridgehead atoms. The smallest absolute Gasteiger partial charge is 0.0122 e. The van der Waals surface area contributed by atoms with E-state index in [0.717, 1.165) is 5.92 Å². The lowest BCUT2D eigenvalue weighted by atomic mass is 9.77. The molecule has 0 nitrogen and oxygen atoms in total. The summed E-state index contributed by atoms with van der Waals surface area (Å²) >= 11 is 0. The summed E-state index contributed by atoms with van der Waals surface area (Å²) in [7, 11) is 3.39. The summed E-state index contributed by atoms with van der Waals surface area (Å²) in [6.45, 7) is 9.38. The van der Waals surface area contributed by atoms with Gasteiger partial charge in [0.15, 0.2) is 0 Å². The van der Waals surface area contributed by atoms with Gasteiger partial charge in [0.05, 0.1) is 0 Å². The molecule has 0 aromatic rings. The van der Waals surface area contributed by atoms with Crippen LogP contribution in [-0.2, 0) is 0 Å². The van der Waals surface area contributed by atoms with Crippen LogP contribution in [0.25, 0.3) is 0 Å².